The molecule has 0 radical (unpaired) electrons. The van der Waals surface area contributed by atoms with Crippen LogP contribution in [0.25, 0.3) is 0 Å². The van der Waals surface area contributed by atoms with Gasteiger partial charge in [0.2, 0.25) is 0 Å². The van der Waals surface area contributed by atoms with Gasteiger partial charge < -0.3 is 0 Å². The molecule has 0 aromatic carbocycles. The van der Waals surface area contributed by atoms with Crippen LogP contribution in [0.3, 0.4) is 0 Å². The standard InChI is InChI=1S/C6H2.C5H4.C4H6.C3H4.C2H2.7CH4.2O.Ti/c1-3-5-6-4-2;1-3-5-4-2;1-3-4-2;1-3-2;1-2;;;;;;;;;;/h1-2H;1H,2H3;1-2H3;1H,2H3;1-2H;7*1H4;;;. The van der Waals surface area contributed by atoms with Crippen LogP contribution in [0, 0.1) is 97.7 Å². The Morgan fingerprint density at radius 1 is 0.500 bits per heavy atom. The van der Waals surface area contributed by atoms with E-state index in [1.54, 1.807) is 13.8 Å². The Balaban J connectivity index is -0.0000000103. The second-order valence-electron chi connectivity index (χ2n) is 1.93. The molecule has 0 N–H and O–H groups in total. The first-order chi connectivity index (χ1) is 11.1. The van der Waals surface area contributed by atoms with Crippen molar-refractivity contribution in [3.8, 4) is 97.7 Å². The second kappa shape index (κ2) is 261. The molecule has 0 unspecified atom stereocenters. The zero-order valence-electron chi connectivity index (χ0n) is 13.8. The topological polar surface area (TPSA) is 34.1 Å². The van der Waals surface area contributed by atoms with E-state index in [1.165, 1.54) is 0 Å². The van der Waals surface area contributed by atoms with Gasteiger partial charge in [-0.15, -0.1) is 56.3 Å². The van der Waals surface area contributed by atoms with Crippen molar-refractivity contribution in [2.24, 2.45) is 0 Å². The normalized spacial score (nSPS) is 2.20. The fourth-order valence-electron chi connectivity index (χ4n) is 0.144. The number of rotatable bonds is 0. The number of terminal acetylenes is 5. The van der Waals surface area contributed by atoms with E-state index in [0.717, 1.165) is 0 Å². The summed E-state index contributed by atoms with van der Waals surface area (Å²) >= 11 is -2.00. The molecule has 3 heteroatoms. The summed E-state index contributed by atoms with van der Waals surface area (Å²) in [5.41, 5.74) is 0. The maximum absolute atomic E-state index is 8.50. The Morgan fingerprint density at radius 2 is 0.667 bits per heavy atom. The Morgan fingerprint density at radius 3 is 0.700 bits per heavy atom. The third kappa shape index (κ3) is 1800. The van der Waals surface area contributed by atoms with E-state index in [4.69, 9.17) is 25.9 Å². The Labute approximate surface area is 202 Å². The molecular formula is C27H46O2Ti. The second-order valence-corrected chi connectivity index (χ2v) is 2.19. The molecule has 0 saturated heterocycles. The quantitative estimate of drug-likeness (QED) is 0.293. The van der Waals surface area contributed by atoms with Crippen LogP contribution in [0.2, 0.25) is 0 Å². The molecule has 0 aliphatic carbocycles. The van der Waals surface area contributed by atoms with Gasteiger partial charge in [-0.2, -0.15) is 0 Å². The van der Waals surface area contributed by atoms with Gasteiger partial charge in [0.15, 0.2) is 0 Å². The van der Waals surface area contributed by atoms with E-state index in [9.17, 15) is 0 Å². The van der Waals surface area contributed by atoms with Gasteiger partial charge in [-0.05, 0) is 63.2 Å². The Hall–Kier alpha value is -3.21. The van der Waals surface area contributed by atoms with E-state index in [2.05, 4.69) is 78.5 Å². The summed E-state index contributed by atoms with van der Waals surface area (Å²) < 4.78 is 17.0. The molecule has 0 aromatic rings. The molecule has 0 amide bonds. The van der Waals surface area contributed by atoms with Crippen molar-refractivity contribution in [2.75, 3.05) is 0 Å². The molecule has 30 heavy (non-hydrogen) atoms. The summed E-state index contributed by atoms with van der Waals surface area (Å²) in [6, 6.07) is 0. The average Bonchev–Trinajstić information content (AvgIpc) is 2.58. The number of hydrogen-bond donors (Lipinski definition) is 0. The third-order valence-electron chi connectivity index (χ3n) is 0.654. The summed E-state index contributed by atoms with van der Waals surface area (Å²) in [6.07, 6.45) is 26.7. The van der Waals surface area contributed by atoms with Gasteiger partial charge >= 0.3 is 25.7 Å². The van der Waals surface area contributed by atoms with Crippen LogP contribution in [0.15, 0.2) is 0 Å². The zero-order chi connectivity index (χ0) is 19.8. The number of hydrogen-bond acceptors (Lipinski definition) is 2. The minimum absolute atomic E-state index is 0. The molecule has 2 nitrogen and oxygen atoms in total. The van der Waals surface area contributed by atoms with Crippen LogP contribution in [0.1, 0.15) is 79.7 Å². The van der Waals surface area contributed by atoms with Crippen molar-refractivity contribution in [1.29, 1.82) is 0 Å². The molecule has 0 atom stereocenters. The van der Waals surface area contributed by atoms with Gasteiger partial charge in [0, 0.05) is 0 Å². The molecule has 0 aliphatic rings. The van der Waals surface area contributed by atoms with E-state index < -0.39 is 19.1 Å². The summed E-state index contributed by atoms with van der Waals surface area (Å²) in [6.45, 7) is 7.00. The summed E-state index contributed by atoms with van der Waals surface area (Å²) in [4.78, 5) is 0. The molecule has 0 bridgehead atoms. The van der Waals surface area contributed by atoms with Crippen molar-refractivity contribution >= 4 is 0 Å². The van der Waals surface area contributed by atoms with Gasteiger partial charge in [-0.25, -0.2) is 0 Å². The van der Waals surface area contributed by atoms with E-state index in [-0.39, 0.29) is 52.0 Å². The van der Waals surface area contributed by atoms with Crippen LogP contribution < -0.4 is 0 Å². The van der Waals surface area contributed by atoms with Gasteiger partial charge in [0.05, 0.1) is 0 Å². The van der Waals surface area contributed by atoms with Gasteiger partial charge in [0.1, 0.15) is 0 Å². The van der Waals surface area contributed by atoms with E-state index in [0.29, 0.717) is 0 Å². The Bertz CT molecular complexity index is 606. The van der Waals surface area contributed by atoms with Crippen molar-refractivity contribution in [2.45, 2.75) is 79.7 Å². The maximum atomic E-state index is 8.50. The minimum atomic E-state index is -2.00. The zero-order valence-corrected chi connectivity index (χ0v) is 15.3. The predicted octanol–water partition coefficient (Wildman–Crippen LogP) is 7.03. The molecular weight excluding hydrogens is 404 g/mol. The SMILES string of the molecule is C.C.C.C.C.C.C.C#C.C#CC.C#CC#CC.C#CC#CC#C.CC#CC.[O]=[Ti]=[O]. The Kier molecular flexibility index (Phi) is 815. The van der Waals surface area contributed by atoms with Gasteiger partial charge in [0.25, 0.3) is 0 Å². The van der Waals surface area contributed by atoms with Crippen LogP contribution in [-0.4, -0.2) is 0 Å². The van der Waals surface area contributed by atoms with Gasteiger partial charge in [-0.1, -0.05) is 57.9 Å². The van der Waals surface area contributed by atoms with Crippen molar-refractivity contribution in [1.82, 2.24) is 0 Å². The van der Waals surface area contributed by atoms with Crippen molar-refractivity contribution in [3.05, 3.63) is 0 Å². The fraction of sp³-hybridized carbons (Fsp3) is 0.407. The van der Waals surface area contributed by atoms with Crippen LogP contribution >= 0.6 is 0 Å². The predicted molar refractivity (Wildman–Crippen MR) is 140 cm³/mol. The third-order valence-corrected chi connectivity index (χ3v) is 0.654. The van der Waals surface area contributed by atoms with Crippen molar-refractivity contribution < 1.29 is 25.7 Å². The van der Waals surface area contributed by atoms with E-state index >= 15 is 0 Å². The molecule has 0 aromatic heterocycles. The molecule has 170 valence electrons. The molecule has 0 fully saturated rings. The summed E-state index contributed by atoms with van der Waals surface area (Å²) in [5, 5.41) is 0. The summed E-state index contributed by atoms with van der Waals surface area (Å²) in [7, 11) is 0. The molecule has 0 rings (SSSR count). The van der Waals surface area contributed by atoms with Crippen LogP contribution in [0.4, 0.5) is 0 Å². The van der Waals surface area contributed by atoms with E-state index in [1.807, 2.05) is 13.8 Å². The van der Waals surface area contributed by atoms with Crippen LogP contribution in [0.5, 0.6) is 0 Å². The van der Waals surface area contributed by atoms with Crippen molar-refractivity contribution in [3.63, 3.8) is 0 Å². The molecule has 0 spiro atoms. The first-order valence-electron chi connectivity index (χ1n) is 5.40. The molecule has 0 heterocycles. The molecule has 0 saturated carbocycles. The first kappa shape index (κ1) is 93.7. The first-order valence-corrected chi connectivity index (χ1v) is 6.67. The fourth-order valence-corrected chi connectivity index (χ4v) is 0.144. The van der Waals surface area contributed by atoms with Gasteiger partial charge in [-0.3, -0.25) is 0 Å². The monoisotopic (exact) mass is 450 g/mol. The average molecular weight is 451 g/mol. The van der Waals surface area contributed by atoms with Crippen LogP contribution in [-0.2, 0) is 25.7 Å². The molecule has 0 aliphatic heterocycles. The summed E-state index contributed by atoms with van der Waals surface area (Å²) in [5.74, 6) is 23.3.